The van der Waals surface area contributed by atoms with Crippen LogP contribution in [0.2, 0.25) is 0 Å². The molecular weight excluding hydrogens is 314 g/mol. The highest BCUT2D eigenvalue weighted by atomic mass is 19.4. The average Bonchev–Trinajstić information content (AvgIpc) is 2.35. The summed E-state index contributed by atoms with van der Waals surface area (Å²) < 4.78 is 82.7. The zero-order valence-corrected chi connectivity index (χ0v) is 10.7. The Balaban J connectivity index is 2.45. The lowest BCUT2D eigenvalue weighted by atomic mass is 10.0. The Labute approximate surface area is 120 Å². The van der Waals surface area contributed by atoms with Gasteiger partial charge in [0.2, 0.25) is 0 Å². The molecule has 0 aliphatic heterocycles. The van der Waals surface area contributed by atoms with Gasteiger partial charge in [-0.1, -0.05) is 18.2 Å². The number of hydrogen-bond acceptors (Lipinski definition) is 2. The molecule has 2 rings (SSSR count). The minimum atomic E-state index is -4.94. The molecule has 0 radical (unpaired) electrons. The van der Waals surface area contributed by atoms with Crippen molar-refractivity contribution in [2.75, 3.05) is 0 Å². The summed E-state index contributed by atoms with van der Waals surface area (Å²) in [6, 6.07) is 7.54. The molecule has 0 aromatic heterocycles. The third-order valence-corrected chi connectivity index (χ3v) is 2.52. The molecule has 22 heavy (non-hydrogen) atoms. The first kappa shape index (κ1) is 16.0. The maximum absolute atomic E-state index is 13.4. The Morgan fingerprint density at radius 3 is 2.27 bits per heavy atom. The van der Waals surface area contributed by atoms with Crippen LogP contribution in [0.4, 0.5) is 26.3 Å². The first-order chi connectivity index (χ1) is 10.2. The first-order valence-electron chi connectivity index (χ1n) is 5.85. The third kappa shape index (κ3) is 4.31. The topological polar surface area (TPSA) is 18.5 Å². The Bertz CT molecular complexity index is 654. The number of alkyl halides is 5. The van der Waals surface area contributed by atoms with Crippen LogP contribution in [0.5, 0.6) is 11.5 Å². The van der Waals surface area contributed by atoms with Gasteiger partial charge in [0.25, 0.3) is 0 Å². The largest absolute Gasteiger partial charge is 0.573 e. The molecule has 0 saturated heterocycles. The lowest BCUT2D eigenvalue weighted by molar-refractivity contribution is -0.274. The van der Waals surface area contributed by atoms with Gasteiger partial charge in [0.05, 0.1) is 0 Å². The lowest BCUT2D eigenvalue weighted by Crippen LogP contribution is -2.17. The van der Waals surface area contributed by atoms with Crippen molar-refractivity contribution in [2.24, 2.45) is 0 Å². The van der Waals surface area contributed by atoms with E-state index in [0.717, 1.165) is 18.2 Å². The summed E-state index contributed by atoms with van der Waals surface area (Å²) >= 11 is 0. The van der Waals surface area contributed by atoms with Crippen LogP contribution in [0.1, 0.15) is 0 Å². The number of hydrogen-bond donors (Lipinski definition) is 0. The maximum Gasteiger partial charge on any atom is 0.573 e. The fourth-order valence-electron chi connectivity index (χ4n) is 1.81. The van der Waals surface area contributed by atoms with E-state index in [0.29, 0.717) is 6.07 Å². The van der Waals surface area contributed by atoms with E-state index in [1.807, 2.05) is 0 Å². The Kier molecular flexibility index (Phi) is 4.48. The van der Waals surface area contributed by atoms with E-state index in [1.54, 1.807) is 0 Å². The van der Waals surface area contributed by atoms with E-state index in [4.69, 9.17) is 0 Å². The molecule has 0 amide bonds. The van der Waals surface area contributed by atoms with Crippen LogP contribution in [-0.2, 0) is 0 Å². The van der Waals surface area contributed by atoms with Crippen molar-refractivity contribution in [1.82, 2.24) is 0 Å². The number of halogens is 6. The van der Waals surface area contributed by atoms with Gasteiger partial charge in [0, 0.05) is 11.6 Å². The van der Waals surface area contributed by atoms with Gasteiger partial charge in [0.15, 0.2) is 0 Å². The Morgan fingerprint density at radius 2 is 1.64 bits per heavy atom. The second kappa shape index (κ2) is 6.17. The highest BCUT2D eigenvalue weighted by Gasteiger charge is 2.32. The molecule has 2 nitrogen and oxygen atoms in total. The molecule has 0 spiro atoms. The van der Waals surface area contributed by atoms with Gasteiger partial charge in [-0.2, -0.15) is 8.78 Å². The smallest absolute Gasteiger partial charge is 0.435 e. The van der Waals surface area contributed by atoms with Crippen molar-refractivity contribution in [3.05, 3.63) is 48.3 Å². The van der Waals surface area contributed by atoms with Crippen LogP contribution in [-0.4, -0.2) is 13.0 Å². The molecule has 2 aromatic rings. The molecule has 0 heterocycles. The van der Waals surface area contributed by atoms with E-state index in [-0.39, 0.29) is 11.1 Å². The monoisotopic (exact) mass is 322 g/mol. The second-order valence-electron chi connectivity index (χ2n) is 4.10. The Morgan fingerprint density at radius 1 is 0.955 bits per heavy atom. The molecule has 0 aliphatic rings. The molecule has 0 atom stereocenters. The van der Waals surface area contributed by atoms with Crippen LogP contribution in [0.3, 0.4) is 0 Å². The van der Waals surface area contributed by atoms with Gasteiger partial charge in [-0.25, -0.2) is 4.39 Å². The summed E-state index contributed by atoms with van der Waals surface area (Å²) in [5, 5.41) is 0. The third-order valence-electron chi connectivity index (χ3n) is 2.52. The molecule has 0 unspecified atom stereocenters. The zero-order chi connectivity index (χ0) is 16.3. The van der Waals surface area contributed by atoms with Crippen LogP contribution in [0, 0.1) is 5.82 Å². The van der Waals surface area contributed by atoms with Crippen molar-refractivity contribution in [2.45, 2.75) is 13.0 Å². The van der Waals surface area contributed by atoms with E-state index < -0.39 is 30.3 Å². The van der Waals surface area contributed by atoms with Crippen molar-refractivity contribution < 1.29 is 35.8 Å². The molecule has 8 heteroatoms. The summed E-state index contributed by atoms with van der Waals surface area (Å²) in [7, 11) is 0. The number of benzene rings is 2. The van der Waals surface area contributed by atoms with Crippen LogP contribution in [0.15, 0.2) is 42.5 Å². The summed E-state index contributed by atoms with van der Waals surface area (Å²) in [5.74, 6) is -2.02. The van der Waals surface area contributed by atoms with Gasteiger partial charge in [-0.3, -0.25) is 0 Å². The maximum atomic E-state index is 13.4. The number of para-hydroxylation sites is 1. The fourth-order valence-corrected chi connectivity index (χ4v) is 1.81. The first-order valence-corrected chi connectivity index (χ1v) is 5.85. The van der Waals surface area contributed by atoms with Crippen LogP contribution < -0.4 is 9.47 Å². The van der Waals surface area contributed by atoms with Gasteiger partial charge in [-0.15, -0.1) is 13.2 Å². The zero-order valence-electron chi connectivity index (χ0n) is 10.7. The van der Waals surface area contributed by atoms with Crippen molar-refractivity contribution in [1.29, 1.82) is 0 Å². The molecule has 0 bridgehead atoms. The predicted molar refractivity (Wildman–Crippen MR) is 65.2 cm³/mol. The summed E-state index contributed by atoms with van der Waals surface area (Å²) in [6.45, 7) is -3.18. The number of ether oxygens (including phenoxy) is 2. The van der Waals surface area contributed by atoms with Crippen LogP contribution in [0.25, 0.3) is 11.1 Å². The molecule has 118 valence electrons. The molecule has 0 saturated carbocycles. The van der Waals surface area contributed by atoms with Gasteiger partial charge >= 0.3 is 13.0 Å². The number of rotatable bonds is 4. The molecule has 2 aromatic carbocycles. The normalized spacial score (nSPS) is 11.6. The van der Waals surface area contributed by atoms with Crippen LogP contribution >= 0.6 is 0 Å². The van der Waals surface area contributed by atoms with E-state index in [1.165, 1.54) is 18.2 Å². The standard InChI is InChI=1S/C14H8F6O2/c15-9-5-8(6-10(7-9)21-13(16)17)11-3-1-2-4-12(11)22-14(18,19)20/h1-7,13H. The predicted octanol–water partition coefficient (Wildman–Crippen LogP) is 4.99. The van der Waals surface area contributed by atoms with E-state index in [9.17, 15) is 26.3 Å². The van der Waals surface area contributed by atoms with Gasteiger partial charge in [-0.05, 0) is 23.8 Å². The lowest BCUT2D eigenvalue weighted by Gasteiger charge is -2.14. The van der Waals surface area contributed by atoms with E-state index in [2.05, 4.69) is 9.47 Å². The minimum Gasteiger partial charge on any atom is -0.435 e. The minimum absolute atomic E-state index is 0.0875. The summed E-state index contributed by atoms with van der Waals surface area (Å²) in [6.07, 6.45) is -4.94. The second-order valence-corrected chi connectivity index (χ2v) is 4.10. The van der Waals surface area contributed by atoms with Crippen molar-refractivity contribution >= 4 is 0 Å². The Hall–Kier alpha value is -2.38. The molecule has 0 fully saturated rings. The summed E-state index contributed by atoms with van der Waals surface area (Å²) in [4.78, 5) is 0. The molecule has 0 aliphatic carbocycles. The van der Waals surface area contributed by atoms with Crippen molar-refractivity contribution in [3.8, 4) is 22.6 Å². The fraction of sp³-hybridized carbons (Fsp3) is 0.143. The molecule has 0 N–H and O–H groups in total. The highest BCUT2D eigenvalue weighted by molar-refractivity contribution is 5.71. The average molecular weight is 322 g/mol. The van der Waals surface area contributed by atoms with Gasteiger partial charge in [0.1, 0.15) is 17.3 Å². The highest BCUT2D eigenvalue weighted by Crippen LogP contribution is 2.35. The summed E-state index contributed by atoms with van der Waals surface area (Å²) in [5.41, 5.74) is -0.200. The van der Waals surface area contributed by atoms with E-state index >= 15 is 0 Å². The quantitative estimate of drug-likeness (QED) is 0.738. The SMILES string of the molecule is Fc1cc(OC(F)F)cc(-c2ccccc2OC(F)(F)F)c1. The van der Waals surface area contributed by atoms with Crippen molar-refractivity contribution in [3.63, 3.8) is 0 Å². The van der Waals surface area contributed by atoms with Gasteiger partial charge < -0.3 is 9.47 Å². The molecular formula is C14H8F6O2.